The summed E-state index contributed by atoms with van der Waals surface area (Å²) in [6.45, 7) is 4.65. The summed E-state index contributed by atoms with van der Waals surface area (Å²) < 4.78 is 0. The van der Waals surface area contributed by atoms with Gasteiger partial charge in [-0.2, -0.15) is 12.6 Å². The second kappa shape index (κ2) is 20.5. The number of aliphatic imine (C=N–C) groups is 1. The van der Waals surface area contributed by atoms with Gasteiger partial charge in [0.1, 0.15) is 18.4 Å². The molecule has 0 aromatic carbocycles. The Morgan fingerprint density at radius 2 is 1.61 bits per heavy atom. The molecule has 0 aliphatic heterocycles. The second-order valence-electron chi connectivity index (χ2n) is 11.1. The maximum atomic E-state index is 14.0. The Morgan fingerprint density at radius 1 is 0.977 bits per heavy atom. The van der Waals surface area contributed by atoms with Gasteiger partial charge in [0.25, 0.3) is 0 Å². The lowest BCUT2D eigenvalue weighted by atomic mass is 9.89. The van der Waals surface area contributed by atoms with E-state index in [0.29, 0.717) is 12.8 Å². The summed E-state index contributed by atoms with van der Waals surface area (Å²) in [5.74, 6) is -2.90. The molecule has 1 aliphatic carbocycles. The van der Waals surface area contributed by atoms with Gasteiger partial charge >= 0.3 is 0 Å². The van der Waals surface area contributed by atoms with Gasteiger partial charge in [-0.1, -0.05) is 39.5 Å². The molecule has 0 saturated heterocycles. The van der Waals surface area contributed by atoms with Gasteiger partial charge in [0.2, 0.25) is 29.5 Å². The van der Waals surface area contributed by atoms with Gasteiger partial charge in [-0.25, -0.2) is 0 Å². The smallest absolute Gasteiger partial charge is 0.246 e. The predicted octanol–water partition coefficient (Wildman–Crippen LogP) is -1.71. The number of hydrogen-bond acceptors (Lipinski definition) is 9. The number of amides is 5. The minimum Gasteiger partial charge on any atom is -0.370 e. The molecule has 1 rings (SSSR count). The average molecular weight is 642 g/mol. The maximum Gasteiger partial charge on any atom is 0.246 e. The van der Waals surface area contributed by atoms with Gasteiger partial charge in [0.15, 0.2) is 5.96 Å². The molecule has 5 amide bonds. The van der Waals surface area contributed by atoms with Crippen molar-refractivity contribution in [3.63, 3.8) is 0 Å². The van der Waals surface area contributed by atoms with Crippen molar-refractivity contribution < 1.29 is 28.8 Å². The molecule has 250 valence electrons. The molecule has 1 saturated carbocycles. The quantitative estimate of drug-likeness (QED) is 0.0263. The molecular formula is C28H51N9O6S. The normalized spacial score (nSPS) is 16.7. The van der Waals surface area contributed by atoms with Crippen molar-refractivity contribution in [1.29, 1.82) is 0 Å². The fourth-order valence-electron chi connectivity index (χ4n) is 4.86. The molecule has 0 spiro atoms. The Morgan fingerprint density at radius 3 is 2.18 bits per heavy atom. The lowest BCUT2D eigenvalue weighted by molar-refractivity contribution is -0.145. The zero-order valence-electron chi connectivity index (χ0n) is 26.0. The van der Waals surface area contributed by atoms with E-state index in [0.717, 1.165) is 38.4 Å². The van der Waals surface area contributed by atoms with E-state index in [-0.39, 0.29) is 42.5 Å². The highest BCUT2D eigenvalue weighted by Crippen LogP contribution is 2.28. The van der Waals surface area contributed by atoms with E-state index in [4.69, 9.17) is 17.2 Å². The molecule has 44 heavy (non-hydrogen) atoms. The largest absolute Gasteiger partial charge is 0.370 e. The van der Waals surface area contributed by atoms with Crippen LogP contribution in [0.5, 0.6) is 0 Å². The number of carbonyl (C=O) groups is 6. The Balaban J connectivity index is 2.90. The van der Waals surface area contributed by atoms with Crippen LogP contribution in [0, 0.1) is 5.92 Å². The minimum atomic E-state index is -0.977. The summed E-state index contributed by atoms with van der Waals surface area (Å²) in [6, 6.07) is -3.58. The van der Waals surface area contributed by atoms with E-state index in [2.05, 4.69) is 38.9 Å². The molecule has 0 radical (unpaired) electrons. The monoisotopic (exact) mass is 641 g/mol. The van der Waals surface area contributed by atoms with Gasteiger partial charge in [0, 0.05) is 18.3 Å². The van der Waals surface area contributed by atoms with Crippen LogP contribution in [0.25, 0.3) is 0 Å². The zero-order valence-corrected chi connectivity index (χ0v) is 26.9. The Labute approximate surface area is 265 Å². The molecular weight excluding hydrogens is 590 g/mol. The number of nitrogens with two attached hydrogens (primary N) is 3. The van der Waals surface area contributed by atoms with Gasteiger partial charge in [-0.05, 0) is 38.5 Å². The number of hydrogen-bond donors (Lipinski definition) is 8. The lowest BCUT2D eigenvalue weighted by Crippen LogP contribution is -2.58. The van der Waals surface area contributed by atoms with Crippen molar-refractivity contribution >= 4 is 54.4 Å². The number of rotatable bonds is 19. The Kier molecular flexibility index (Phi) is 18.0. The topological polar surface area (TPSA) is 244 Å². The first-order chi connectivity index (χ1) is 20.9. The van der Waals surface area contributed by atoms with Crippen molar-refractivity contribution in [3.8, 4) is 0 Å². The Hall–Kier alpha value is -3.40. The summed E-state index contributed by atoms with van der Waals surface area (Å²) in [5, 5.41) is 9.91. The zero-order chi connectivity index (χ0) is 33.2. The van der Waals surface area contributed by atoms with E-state index in [1.165, 1.54) is 6.92 Å². The summed E-state index contributed by atoms with van der Waals surface area (Å²) in [6.07, 6.45) is 6.59. The van der Waals surface area contributed by atoms with E-state index >= 15 is 0 Å². The van der Waals surface area contributed by atoms with Crippen molar-refractivity contribution in [2.24, 2.45) is 28.1 Å². The van der Waals surface area contributed by atoms with Gasteiger partial charge in [-0.3, -0.25) is 29.0 Å². The lowest BCUT2D eigenvalue weighted by Gasteiger charge is -2.42. The highest BCUT2D eigenvalue weighted by Gasteiger charge is 2.37. The molecule has 16 heteroatoms. The number of nitrogens with one attached hydrogen (secondary N) is 4. The number of aldehydes is 1. The summed E-state index contributed by atoms with van der Waals surface area (Å²) in [5.41, 5.74) is 16.4. The van der Waals surface area contributed by atoms with E-state index < -0.39 is 60.9 Å². The third kappa shape index (κ3) is 13.5. The van der Waals surface area contributed by atoms with Crippen molar-refractivity contribution in [2.75, 3.05) is 25.4 Å². The fourth-order valence-corrected chi connectivity index (χ4v) is 5.03. The summed E-state index contributed by atoms with van der Waals surface area (Å²) >= 11 is 3.94. The predicted molar refractivity (Wildman–Crippen MR) is 170 cm³/mol. The highest BCUT2D eigenvalue weighted by molar-refractivity contribution is 7.80. The number of thiol groups is 1. The number of nitrogens with zero attached hydrogens (tertiary/aromatic N) is 2. The fraction of sp³-hybridized carbons (Fsp3) is 0.750. The molecule has 5 atom stereocenters. The standard InChI is InChI=1S/C28H51N9O6S/c1-4-17(2)22(15-38)37(19-9-6-5-7-10-19)27(43)21(11-8-12-32-28(30)31)36-24(40)14-33-23(39)13-34-25(41)18(3)35-26(42)20(29)16-44/h15,17-22,44H,4-14,16,29H2,1-3H3,(H,33,39)(H,34,41)(H,35,42)(H,36,40)(H4,30,31,32)/t17-,18-,20-,21-,22+/m0/s1. The molecule has 0 heterocycles. The molecule has 0 unspecified atom stereocenters. The highest BCUT2D eigenvalue weighted by atomic mass is 32.1. The molecule has 1 fully saturated rings. The van der Waals surface area contributed by atoms with E-state index in [1.54, 1.807) is 4.90 Å². The maximum absolute atomic E-state index is 14.0. The average Bonchev–Trinajstić information content (AvgIpc) is 3.01. The minimum absolute atomic E-state index is 0.0818. The number of guanidine groups is 1. The van der Waals surface area contributed by atoms with Crippen LogP contribution in [0.15, 0.2) is 4.99 Å². The third-order valence-electron chi connectivity index (χ3n) is 7.64. The van der Waals surface area contributed by atoms with Crippen LogP contribution in [0.2, 0.25) is 0 Å². The SMILES string of the molecule is CC[C@H](C)[C@@H](C=O)N(C(=O)[C@H](CCCN=C(N)N)NC(=O)CNC(=O)CNC(=O)[C@H](C)NC(=O)[C@@H](N)CS)C1CCCCC1. The van der Waals surface area contributed by atoms with Crippen molar-refractivity contribution in [3.05, 3.63) is 0 Å². The Bertz CT molecular complexity index is 1000. The van der Waals surface area contributed by atoms with Crippen LogP contribution < -0.4 is 38.5 Å². The van der Waals surface area contributed by atoms with Crippen LogP contribution >= 0.6 is 12.6 Å². The van der Waals surface area contributed by atoms with E-state index in [1.807, 2.05) is 13.8 Å². The van der Waals surface area contributed by atoms with Gasteiger partial charge in [0.05, 0.1) is 25.2 Å². The van der Waals surface area contributed by atoms with Crippen LogP contribution in [-0.2, 0) is 28.8 Å². The summed E-state index contributed by atoms with van der Waals surface area (Å²) in [7, 11) is 0. The molecule has 10 N–H and O–H groups in total. The first-order valence-corrected chi connectivity index (χ1v) is 15.8. The van der Waals surface area contributed by atoms with Crippen LogP contribution in [0.1, 0.15) is 72.1 Å². The third-order valence-corrected chi connectivity index (χ3v) is 8.04. The van der Waals surface area contributed by atoms with Crippen LogP contribution in [-0.4, -0.2) is 102 Å². The molecule has 15 nitrogen and oxygen atoms in total. The molecule has 0 aromatic rings. The van der Waals surface area contributed by atoms with Gasteiger partial charge in [-0.15, -0.1) is 0 Å². The van der Waals surface area contributed by atoms with Crippen LogP contribution in [0.3, 0.4) is 0 Å². The molecule has 0 bridgehead atoms. The first-order valence-electron chi connectivity index (χ1n) is 15.2. The summed E-state index contributed by atoms with van der Waals surface area (Å²) in [4.78, 5) is 81.2. The second-order valence-corrected chi connectivity index (χ2v) is 11.5. The first kappa shape index (κ1) is 38.6. The van der Waals surface area contributed by atoms with Crippen molar-refractivity contribution in [1.82, 2.24) is 26.2 Å². The van der Waals surface area contributed by atoms with Crippen LogP contribution in [0.4, 0.5) is 0 Å². The number of carbonyl (C=O) groups excluding carboxylic acids is 6. The molecule has 0 aromatic heterocycles. The van der Waals surface area contributed by atoms with E-state index in [9.17, 15) is 28.8 Å². The van der Waals surface area contributed by atoms with Gasteiger partial charge < -0.3 is 48.2 Å². The van der Waals surface area contributed by atoms with Crippen molar-refractivity contribution in [2.45, 2.75) is 102 Å². The molecule has 1 aliphatic rings.